The van der Waals surface area contributed by atoms with Crippen molar-refractivity contribution in [1.82, 2.24) is 0 Å². The summed E-state index contributed by atoms with van der Waals surface area (Å²) in [4.78, 5) is 11.6. The molecule has 7 heteroatoms. The first-order valence-electron chi connectivity index (χ1n) is 5.51. The van der Waals surface area contributed by atoms with Gasteiger partial charge in [0.2, 0.25) is 5.78 Å². The van der Waals surface area contributed by atoms with Crippen LogP contribution in [0.1, 0.15) is 6.92 Å². The Morgan fingerprint density at radius 1 is 1.10 bits per heavy atom. The summed E-state index contributed by atoms with van der Waals surface area (Å²) in [5.74, 6) is -0.540. The molecule has 20 heavy (non-hydrogen) atoms. The summed E-state index contributed by atoms with van der Waals surface area (Å²) in [5, 5.41) is -0.290. The fourth-order valence-corrected chi connectivity index (χ4v) is 3.05. The van der Waals surface area contributed by atoms with Crippen molar-refractivity contribution in [2.45, 2.75) is 11.8 Å². The van der Waals surface area contributed by atoms with E-state index in [1.807, 2.05) is 0 Å². The van der Waals surface area contributed by atoms with Gasteiger partial charge in [-0.05, 0) is 30.7 Å². The average molecular weight is 330 g/mol. The van der Waals surface area contributed by atoms with Gasteiger partial charge in [-0.25, -0.2) is 0 Å². The Bertz CT molecular complexity index is 762. The third kappa shape index (κ3) is 2.85. The maximum Gasteiger partial charge on any atom is 0.282 e. The van der Waals surface area contributed by atoms with Gasteiger partial charge in [0.1, 0.15) is 0 Å². The third-order valence-corrected chi connectivity index (χ3v) is 4.69. The summed E-state index contributed by atoms with van der Waals surface area (Å²) in [6, 6.07) is 7.74. The lowest BCUT2D eigenvalue weighted by molar-refractivity contribution is -0.111. The Morgan fingerprint density at radius 2 is 1.70 bits per heavy atom. The van der Waals surface area contributed by atoms with E-state index >= 15 is 0 Å². The smallest absolute Gasteiger partial charge is 0.282 e. The Balaban J connectivity index is 2.54. The van der Waals surface area contributed by atoms with Gasteiger partial charge in [-0.15, -0.1) is 0 Å². The number of sulfonamides is 1. The highest BCUT2D eigenvalue weighted by molar-refractivity contribution is 7.90. The molecule has 0 aromatic heterocycles. The molecule has 0 N–H and O–H groups in total. The number of benzene rings is 1. The molecule has 1 aromatic carbocycles. The summed E-state index contributed by atoms with van der Waals surface area (Å²) in [6.07, 6.45) is 1.20. The Morgan fingerprint density at radius 3 is 2.30 bits per heavy atom. The summed E-state index contributed by atoms with van der Waals surface area (Å²) >= 11 is 11.5. The number of Topliss-reactive ketones (excluding diaryl/α,β-unsaturated/α-hetero) is 1. The Hall–Kier alpha value is -1.43. The molecule has 0 bridgehead atoms. The molecule has 0 saturated carbocycles. The largest absolute Gasteiger partial charge is 0.287 e. The van der Waals surface area contributed by atoms with E-state index in [0.29, 0.717) is 0 Å². The fourth-order valence-electron chi connectivity index (χ4n) is 1.55. The molecule has 0 fully saturated rings. The van der Waals surface area contributed by atoms with Crippen LogP contribution in [-0.4, -0.2) is 19.9 Å². The lowest BCUT2D eigenvalue weighted by Gasteiger charge is -2.11. The van der Waals surface area contributed by atoms with Crippen LogP contribution in [0.2, 0.25) is 0 Å². The second-order valence-corrected chi connectivity index (χ2v) is 6.41. The van der Waals surface area contributed by atoms with E-state index in [9.17, 15) is 13.2 Å². The van der Waals surface area contributed by atoms with Gasteiger partial charge in [0.25, 0.3) is 10.0 Å². The summed E-state index contributed by atoms with van der Waals surface area (Å²) in [5.41, 5.74) is 0.337. The van der Waals surface area contributed by atoms with E-state index < -0.39 is 15.8 Å². The second kappa shape index (κ2) is 5.52. The monoisotopic (exact) mass is 329 g/mol. The molecule has 0 saturated heterocycles. The number of hydrogen-bond donors (Lipinski definition) is 0. The van der Waals surface area contributed by atoms with Gasteiger partial charge in [0.15, 0.2) is 0 Å². The van der Waals surface area contributed by atoms with Crippen molar-refractivity contribution in [3.63, 3.8) is 0 Å². The highest BCUT2D eigenvalue weighted by atomic mass is 35.5. The first-order valence-corrected chi connectivity index (χ1v) is 7.71. The normalized spacial score (nSPS) is 18.4. The van der Waals surface area contributed by atoms with Crippen LogP contribution in [0.25, 0.3) is 0 Å². The van der Waals surface area contributed by atoms with Gasteiger partial charge in [0.05, 0.1) is 20.7 Å². The minimum absolute atomic E-state index is 0.0536. The van der Waals surface area contributed by atoms with Gasteiger partial charge < -0.3 is 0 Å². The van der Waals surface area contributed by atoms with E-state index in [4.69, 9.17) is 23.2 Å². The van der Waals surface area contributed by atoms with Crippen molar-refractivity contribution in [3.05, 3.63) is 52.0 Å². The van der Waals surface area contributed by atoms with E-state index in [1.54, 1.807) is 18.2 Å². The molecule has 0 unspecified atom stereocenters. The van der Waals surface area contributed by atoms with E-state index in [1.165, 1.54) is 25.1 Å². The summed E-state index contributed by atoms with van der Waals surface area (Å²) < 4.78 is 27.9. The van der Waals surface area contributed by atoms with Crippen LogP contribution < -0.4 is 0 Å². The predicted octanol–water partition coefficient (Wildman–Crippen LogP) is 3.03. The molecule has 1 aliphatic rings. The van der Waals surface area contributed by atoms with Crippen LogP contribution in [0.15, 0.2) is 61.3 Å². The van der Waals surface area contributed by atoms with Crippen LogP contribution >= 0.6 is 23.2 Å². The number of hydrogen-bond acceptors (Lipinski definition) is 3. The van der Waals surface area contributed by atoms with Crippen molar-refractivity contribution in [1.29, 1.82) is 0 Å². The first-order chi connectivity index (χ1) is 9.33. The standard InChI is InChI=1S/C13H9Cl2NO3S/c1-8-11(7-10(14)13(17)12(8)15)16-20(18,19)9-5-3-2-4-6-9/h2-7H,1H3/b16-11-. The lowest BCUT2D eigenvalue weighted by Crippen LogP contribution is -2.14. The molecule has 0 radical (unpaired) electrons. The molecule has 0 atom stereocenters. The maximum atomic E-state index is 12.1. The Labute approximate surface area is 126 Å². The van der Waals surface area contributed by atoms with Crippen molar-refractivity contribution in [2.75, 3.05) is 0 Å². The number of nitrogens with zero attached hydrogens (tertiary/aromatic N) is 1. The molecular weight excluding hydrogens is 321 g/mol. The van der Waals surface area contributed by atoms with Gasteiger partial charge in [-0.1, -0.05) is 41.4 Å². The summed E-state index contributed by atoms with van der Waals surface area (Å²) in [6.45, 7) is 1.51. The first kappa shape index (κ1) is 15.0. The van der Waals surface area contributed by atoms with Crippen LogP contribution in [0.4, 0.5) is 0 Å². The SMILES string of the molecule is CC1=C(Cl)C(=O)C(Cl)=C/C1=N/S(=O)(=O)c1ccccc1. The summed E-state index contributed by atoms with van der Waals surface area (Å²) in [7, 11) is -3.88. The molecule has 4 nitrogen and oxygen atoms in total. The van der Waals surface area contributed by atoms with E-state index in [-0.39, 0.29) is 26.2 Å². The van der Waals surface area contributed by atoms with Crippen LogP contribution in [0.3, 0.4) is 0 Å². The zero-order valence-corrected chi connectivity index (χ0v) is 12.6. The number of rotatable bonds is 2. The van der Waals surface area contributed by atoms with Crippen LogP contribution in [0.5, 0.6) is 0 Å². The molecule has 1 aromatic rings. The van der Waals surface area contributed by atoms with Gasteiger partial charge in [0, 0.05) is 0 Å². The van der Waals surface area contributed by atoms with Crippen molar-refractivity contribution in [2.24, 2.45) is 4.40 Å². The number of halogens is 2. The number of ketones is 1. The zero-order chi connectivity index (χ0) is 14.9. The second-order valence-electron chi connectivity index (χ2n) is 4.03. The number of carbonyl (C=O) groups is 1. The average Bonchev–Trinajstić information content (AvgIpc) is 2.43. The van der Waals surface area contributed by atoms with Crippen LogP contribution in [0, 0.1) is 0 Å². The van der Waals surface area contributed by atoms with Crippen molar-refractivity contribution < 1.29 is 13.2 Å². The molecule has 104 valence electrons. The molecule has 0 spiro atoms. The lowest BCUT2D eigenvalue weighted by atomic mass is 10.0. The third-order valence-electron chi connectivity index (χ3n) is 2.65. The van der Waals surface area contributed by atoms with E-state index in [2.05, 4.69) is 4.40 Å². The molecular formula is C13H9Cl2NO3S. The van der Waals surface area contributed by atoms with Crippen LogP contribution in [-0.2, 0) is 14.8 Å². The Kier molecular flexibility index (Phi) is 4.13. The zero-order valence-electron chi connectivity index (χ0n) is 10.3. The molecule has 0 heterocycles. The molecule has 2 rings (SSSR count). The van der Waals surface area contributed by atoms with Crippen molar-refractivity contribution >= 4 is 44.7 Å². The minimum atomic E-state index is -3.88. The van der Waals surface area contributed by atoms with Gasteiger partial charge >= 0.3 is 0 Å². The highest BCUT2D eigenvalue weighted by Gasteiger charge is 2.24. The molecule has 0 amide bonds. The highest BCUT2D eigenvalue weighted by Crippen LogP contribution is 2.26. The van der Waals surface area contributed by atoms with Gasteiger partial charge in [-0.2, -0.15) is 12.8 Å². The minimum Gasteiger partial charge on any atom is -0.287 e. The molecule has 0 aliphatic heterocycles. The van der Waals surface area contributed by atoms with E-state index in [0.717, 1.165) is 0 Å². The quantitative estimate of drug-likeness (QED) is 0.783. The fraction of sp³-hybridized carbons (Fsp3) is 0.0769. The maximum absolute atomic E-state index is 12.1. The van der Waals surface area contributed by atoms with Gasteiger partial charge in [-0.3, -0.25) is 4.79 Å². The predicted molar refractivity (Wildman–Crippen MR) is 78.6 cm³/mol. The number of carbonyl (C=O) groups excluding carboxylic acids is 1. The molecule has 1 aliphatic carbocycles. The topological polar surface area (TPSA) is 63.6 Å². The van der Waals surface area contributed by atoms with Crippen molar-refractivity contribution in [3.8, 4) is 0 Å². The number of allylic oxidation sites excluding steroid dienone is 4.